The third-order valence-electron chi connectivity index (χ3n) is 4.87. The summed E-state index contributed by atoms with van der Waals surface area (Å²) in [6.45, 7) is 0. The molecule has 1 amide bonds. The lowest BCUT2D eigenvalue weighted by Gasteiger charge is -2.14. The Kier molecular flexibility index (Phi) is 8.74. The summed E-state index contributed by atoms with van der Waals surface area (Å²) >= 11 is 3.25. The Labute approximate surface area is 215 Å². The Morgan fingerprint density at radius 2 is 1.53 bits per heavy atom. The summed E-state index contributed by atoms with van der Waals surface area (Å²) in [5.41, 5.74) is 3.14. The highest BCUT2D eigenvalue weighted by Gasteiger charge is 2.20. The smallest absolute Gasteiger partial charge is 0.343 e. The Morgan fingerprint density at radius 1 is 0.861 bits per heavy atom. The van der Waals surface area contributed by atoms with Gasteiger partial charge in [0.1, 0.15) is 5.75 Å². The van der Waals surface area contributed by atoms with Crippen LogP contribution in [0.25, 0.3) is 0 Å². The largest absolute Gasteiger partial charge is 0.507 e. The van der Waals surface area contributed by atoms with Crippen LogP contribution in [-0.4, -0.2) is 51.6 Å². The SMILES string of the molecule is COc1cc(C=NNC(=O)c2cc(Br)ccc2O)ccc1OC(=O)c1cc(OC)c(OC)c(OC)c1. The van der Waals surface area contributed by atoms with Crippen molar-refractivity contribution in [2.45, 2.75) is 0 Å². The molecule has 0 spiro atoms. The minimum absolute atomic E-state index is 0.0631. The van der Waals surface area contributed by atoms with Gasteiger partial charge in [-0.3, -0.25) is 4.79 Å². The number of halogens is 1. The zero-order chi connectivity index (χ0) is 26.2. The van der Waals surface area contributed by atoms with Gasteiger partial charge in [-0.05, 0) is 54.1 Å². The first-order chi connectivity index (χ1) is 17.3. The number of hydrogen-bond acceptors (Lipinski definition) is 9. The summed E-state index contributed by atoms with van der Waals surface area (Å²) in [5, 5.41) is 13.8. The lowest BCUT2D eigenvalue weighted by atomic mass is 10.1. The standard InChI is InChI=1S/C25H23BrN2O8/c1-32-20-9-14(13-27-28-24(30)17-12-16(26)6-7-18(17)29)5-8-19(20)36-25(31)15-10-21(33-2)23(35-4)22(11-15)34-3/h5-13,29H,1-4H3,(H,28,30). The molecule has 0 heterocycles. The van der Waals surface area contributed by atoms with Gasteiger partial charge in [-0.2, -0.15) is 5.10 Å². The first-order valence-electron chi connectivity index (χ1n) is 10.3. The van der Waals surface area contributed by atoms with E-state index in [2.05, 4.69) is 26.5 Å². The molecule has 10 nitrogen and oxygen atoms in total. The number of nitrogens with zero attached hydrogens (tertiary/aromatic N) is 1. The van der Waals surface area contributed by atoms with Crippen molar-refractivity contribution in [2.24, 2.45) is 5.10 Å². The number of methoxy groups -OCH3 is 4. The second-order valence-corrected chi connectivity index (χ2v) is 7.99. The molecule has 0 unspecified atom stereocenters. The number of nitrogens with one attached hydrogen (secondary N) is 1. The zero-order valence-corrected chi connectivity index (χ0v) is 21.4. The molecule has 0 fully saturated rings. The zero-order valence-electron chi connectivity index (χ0n) is 19.8. The van der Waals surface area contributed by atoms with Gasteiger partial charge in [-0.1, -0.05) is 15.9 Å². The number of hydrazone groups is 1. The molecule has 11 heteroatoms. The molecular weight excluding hydrogens is 536 g/mol. The third-order valence-corrected chi connectivity index (χ3v) is 5.37. The number of ether oxygens (including phenoxy) is 5. The van der Waals surface area contributed by atoms with Crippen LogP contribution in [0.5, 0.6) is 34.5 Å². The summed E-state index contributed by atoms with van der Waals surface area (Å²) in [7, 11) is 5.77. The molecule has 0 saturated carbocycles. The van der Waals surface area contributed by atoms with E-state index in [0.717, 1.165) is 0 Å². The first-order valence-corrected chi connectivity index (χ1v) is 11.1. The quantitative estimate of drug-likeness (QED) is 0.173. The fourth-order valence-corrected chi connectivity index (χ4v) is 3.48. The summed E-state index contributed by atoms with van der Waals surface area (Å²) in [5.74, 6) is -0.0536. The van der Waals surface area contributed by atoms with E-state index in [1.54, 1.807) is 18.2 Å². The van der Waals surface area contributed by atoms with E-state index in [0.29, 0.717) is 27.3 Å². The molecule has 0 saturated heterocycles. The number of phenolic OH excluding ortho intramolecular Hbond substituents is 1. The molecule has 0 atom stereocenters. The maximum atomic E-state index is 12.8. The van der Waals surface area contributed by atoms with Gasteiger partial charge >= 0.3 is 5.97 Å². The number of benzene rings is 3. The molecular formula is C25H23BrN2O8. The third kappa shape index (κ3) is 6.05. The van der Waals surface area contributed by atoms with Crippen molar-refractivity contribution < 1.29 is 38.4 Å². The fourth-order valence-electron chi connectivity index (χ4n) is 3.12. The molecule has 0 aliphatic carbocycles. The van der Waals surface area contributed by atoms with Crippen molar-refractivity contribution in [3.8, 4) is 34.5 Å². The van der Waals surface area contributed by atoms with Crippen molar-refractivity contribution in [3.05, 3.63) is 69.7 Å². The minimum atomic E-state index is -0.671. The number of hydrogen-bond donors (Lipinski definition) is 2. The minimum Gasteiger partial charge on any atom is -0.507 e. The summed E-state index contributed by atoms with van der Waals surface area (Å²) in [4.78, 5) is 25.1. The highest BCUT2D eigenvalue weighted by Crippen LogP contribution is 2.38. The van der Waals surface area contributed by atoms with E-state index in [1.165, 1.54) is 65.0 Å². The van der Waals surface area contributed by atoms with E-state index in [1.807, 2.05) is 0 Å². The highest BCUT2D eigenvalue weighted by molar-refractivity contribution is 9.10. The van der Waals surface area contributed by atoms with Gasteiger partial charge < -0.3 is 28.8 Å². The van der Waals surface area contributed by atoms with Gasteiger partial charge in [0.2, 0.25) is 5.75 Å². The Balaban J connectivity index is 1.75. The summed E-state index contributed by atoms with van der Waals surface area (Å²) in [6.07, 6.45) is 1.38. The normalized spacial score (nSPS) is 10.6. The lowest BCUT2D eigenvalue weighted by Crippen LogP contribution is -2.17. The number of phenols is 1. The Bertz CT molecular complexity index is 1280. The molecule has 2 N–H and O–H groups in total. The number of carbonyl (C=O) groups excluding carboxylic acids is 2. The molecule has 0 radical (unpaired) electrons. The van der Waals surface area contributed by atoms with Gasteiger partial charge in [0.25, 0.3) is 5.91 Å². The van der Waals surface area contributed by atoms with Crippen molar-refractivity contribution in [2.75, 3.05) is 28.4 Å². The van der Waals surface area contributed by atoms with Gasteiger partial charge in [0, 0.05) is 4.47 Å². The number of carbonyl (C=O) groups is 2. The van der Waals surface area contributed by atoms with Crippen LogP contribution in [0.2, 0.25) is 0 Å². The maximum Gasteiger partial charge on any atom is 0.343 e. The predicted molar refractivity (Wildman–Crippen MR) is 135 cm³/mol. The number of esters is 1. The van der Waals surface area contributed by atoms with Crippen molar-refractivity contribution in [1.82, 2.24) is 5.43 Å². The van der Waals surface area contributed by atoms with E-state index < -0.39 is 11.9 Å². The highest BCUT2D eigenvalue weighted by atomic mass is 79.9. The number of rotatable bonds is 9. The van der Waals surface area contributed by atoms with Crippen LogP contribution in [0.15, 0.2) is 58.1 Å². The van der Waals surface area contributed by atoms with Crippen LogP contribution in [0.3, 0.4) is 0 Å². The Hall–Kier alpha value is -4.25. The number of aromatic hydroxyl groups is 1. The van der Waals surface area contributed by atoms with Crippen LogP contribution < -0.4 is 29.1 Å². The van der Waals surface area contributed by atoms with Crippen LogP contribution in [0.1, 0.15) is 26.3 Å². The molecule has 188 valence electrons. The van der Waals surface area contributed by atoms with Crippen LogP contribution in [0.4, 0.5) is 0 Å². The average molecular weight is 559 g/mol. The average Bonchev–Trinajstić information content (AvgIpc) is 2.89. The summed E-state index contributed by atoms with van der Waals surface area (Å²) in [6, 6.07) is 12.1. The summed E-state index contributed by atoms with van der Waals surface area (Å²) < 4.78 is 27.3. The van der Waals surface area contributed by atoms with Crippen molar-refractivity contribution >= 4 is 34.0 Å². The number of amides is 1. The van der Waals surface area contributed by atoms with E-state index in [4.69, 9.17) is 23.7 Å². The second kappa shape index (κ2) is 11.9. The van der Waals surface area contributed by atoms with Crippen LogP contribution in [0, 0.1) is 0 Å². The van der Waals surface area contributed by atoms with E-state index in [-0.39, 0.29) is 28.4 Å². The first kappa shape index (κ1) is 26.4. The van der Waals surface area contributed by atoms with Crippen LogP contribution >= 0.6 is 15.9 Å². The maximum absolute atomic E-state index is 12.8. The molecule has 36 heavy (non-hydrogen) atoms. The molecule has 0 bridgehead atoms. The molecule has 3 rings (SSSR count). The van der Waals surface area contributed by atoms with Crippen molar-refractivity contribution in [1.29, 1.82) is 0 Å². The molecule has 0 aromatic heterocycles. The van der Waals surface area contributed by atoms with E-state index in [9.17, 15) is 14.7 Å². The fraction of sp³-hybridized carbons (Fsp3) is 0.160. The van der Waals surface area contributed by atoms with Gasteiger partial charge in [-0.15, -0.1) is 0 Å². The van der Waals surface area contributed by atoms with Crippen molar-refractivity contribution in [3.63, 3.8) is 0 Å². The molecule has 3 aromatic carbocycles. The van der Waals surface area contributed by atoms with Crippen LogP contribution in [-0.2, 0) is 0 Å². The Morgan fingerprint density at radius 3 is 2.14 bits per heavy atom. The van der Waals surface area contributed by atoms with Gasteiger partial charge in [0.15, 0.2) is 23.0 Å². The second-order valence-electron chi connectivity index (χ2n) is 7.07. The predicted octanol–water partition coefficient (Wildman–Crippen LogP) is 4.17. The lowest BCUT2D eigenvalue weighted by molar-refractivity contribution is 0.0728. The molecule has 0 aliphatic heterocycles. The van der Waals surface area contributed by atoms with Gasteiger partial charge in [-0.25, -0.2) is 10.2 Å². The van der Waals surface area contributed by atoms with E-state index >= 15 is 0 Å². The van der Waals surface area contributed by atoms with Gasteiger partial charge in [0.05, 0.1) is 45.8 Å². The monoisotopic (exact) mass is 558 g/mol. The molecule has 3 aromatic rings. The molecule has 0 aliphatic rings. The topological polar surface area (TPSA) is 125 Å².